The summed E-state index contributed by atoms with van der Waals surface area (Å²) >= 11 is 3.44. The molecule has 0 saturated carbocycles. The topological polar surface area (TPSA) is 26.3 Å². The van der Waals surface area contributed by atoms with Gasteiger partial charge in [0.05, 0.1) is 12.2 Å². The van der Waals surface area contributed by atoms with Crippen LogP contribution in [0.2, 0.25) is 0 Å². The molecule has 0 radical (unpaired) electrons. The molecule has 0 aromatic heterocycles. The zero-order valence-corrected chi connectivity index (χ0v) is 11.7. The number of ether oxygens (including phenoxy) is 1. The quantitative estimate of drug-likeness (QED) is 0.785. The summed E-state index contributed by atoms with van der Waals surface area (Å²) < 4.78 is 6.02. The van der Waals surface area contributed by atoms with Gasteiger partial charge in [0.1, 0.15) is 0 Å². The summed E-state index contributed by atoms with van der Waals surface area (Å²) in [6, 6.07) is 9.58. The van der Waals surface area contributed by atoms with Gasteiger partial charge >= 0.3 is 5.97 Å². The lowest BCUT2D eigenvalue weighted by atomic mass is 10.0. The largest absolute Gasteiger partial charge is 0.462 e. The zero-order chi connectivity index (χ0) is 13.1. The molecule has 2 aromatic rings. The third-order valence-electron chi connectivity index (χ3n) is 2.68. The molecule has 0 bridgehead atoms. The molecule has 0 heterocycles. The van der Waals surface area contributed by atoms with Crippen molar-refractivity contribution in [2.24, 2.45) is 0 Å². The lowest BCUT2D eigenvalue weighted by Gasteiger charge is -2.07. The predicted octanol–water partition coefficient (Wildman–Crippen LogP) is 4.42. The van der Waals surface area contributed by atoms with Crippen LogP contribution in [0.3, 0.4) is 0 Å². The fourth-order valence-corrected chi connectivity index (χ4v) is 2.22. The molecular weight excluding hydrogens is 292 g/mol. The van der Waals surface area contributed by atoms with Crippen molar-refractivity contribution in [1.29, 1.82) is 0 Å². The van der Waals surface area contributed by atoms with Gasteiger partial charge in [-0.05, 0) is 47.5 Å². The van der Waals surface area contributed by atoms with Crippen molar-refractivity contribution in [3.63, 3.8) is 0 Å². The molecular formula is C15H13BrO2. The van der Waals surface area contributed by atoms with Crippen molar-refractivity contribution in [2.75, 3.05) is 6.61 Å². The molecule has 0 saturated heterocycles. The van der Waals surface area contributed by atoms with Gasteiger partial charge in [0.15, 0.2) is 0 Å². The van der Waals surface area contributed by atoms with Crippen molar-refractivity contribution >= 4 is 38.7 Å². The third kappa shape index (κ3) is 2.46. The number of carbonyl (C=O) groups is 1. The summed E-state index contributed by atoms with van der Waals surface area (Å²) in [4.78, 5) is 11.8. The molecule has 0 amide bonds. The van der Waals surface area contributed by atoms with Crippen molar-refractivity contribution in [2.45, 2.75) is 6.92 Å². The third-order valence-corrected chi connectivity index (χ3v) is 3.17. The Morgan fingerprint density at radius 2 is 2.17 bits per heavy atom. The summed E-state index contributed by atoms with van der Waals surface area (Å²) in [7, 11) is 0. The molecule has 0 fully saturated rings. The molecule has 18 heavy (non-hydrogen) atoms. The Kier molecular flexibility index (Phi) is 3.82. The molecule has 0 atom stereocenters. The Morgan fingerprint density at radius 3 is 2.83 bits per heavy atom. The van der Waals surface area contributed by atoms with Crippen molar-refractivity contribution < 1.29 is 9.53 Å². The van der Waals surface area contributed by atoms with E-state index in [9.17, 15) is 4.79 Å². The van der Waals surface area contributed by atoms with Gasteiger partial charge in [-0.25, -0.2) is 4.79 Å². The number of halogens is 1. The average Bonchev–Trinajstić information content (AvgIpc) is 2.37. The summed E-state index contributed by atoms with van der Waals surface area (Å²) in [5.41, 5.74) is 1.48. The Hall–Kier alpha value is -1.61. The highest BCUT2D eigenvalue weighted by Crippen LogP contribution is 2.26. The minimum absolute atomic E-state index is 0.301. The lowest BCUT2D eigenvalue weighted by molar-refractivity contribution is 0.0526. The van der Waals surface area contributed by atoms with Crippen LogP contribution in [0, 0.1) is 0 Å². The molecule has 0 spiro atoms. The van der Waals surface area contributed by atoms with E-state index in [0.29, 0.717) is 12.2 Å². The smallest absolute Gasteiger partial charge is 0.338 e. The first-order chi connectivity index (χ1) is 8.65. The second kappa shape index (κ2) is 5.36. The van der Waals surface area contributed by atoms with Crippen LogP contribution in [-0.2, 0) is 4.74 Å². The van der Waals surface area contributed by atoms with E-state index >= 15 is 0 Å². The molecule has 92 valence electrons. The highest BCUT2D eigenvalue weighted by atomic mass is 79.9. The van der Waals surface area contributed by atoms with Crippen molar-refractivity contribution in [1.82, 2.24) is 0 Å². The zero-order valence-electron chi connectivity index (χ0n) is 10.1. The van der Waals surface area contributed by atoms with E-state index in [0.717, 1.165) is 20.8 Å². The van der Waals surface area contributed by atoms with Gasteiger partial charge in [-0.2, -0.15) is 0 Å². The fraction of sp³-hybridized carbons (Fsp3) is 0.133. The van der Waals surface area contributed by atoms with Gasteiger partial charge in [0.25, 0.3) is 0 Å². The van der Waals surface area contributed by atoms with Crippen LogP contribution in [0.15, 0.2) is 41.4 Å². The minimum Gasteiger partial charge on any atom is -0.462 e. The van der Waals surface area contributed by atoms with E-state index < -0.39 is 0 Å². The maximum atomic E-state index is 11.8. The molecule has 2 aromatic carbocycles. The molecule has 2 nitrogen and oxygen atoms in total. The van der Waals surface area contributed by atoms with Gasteiger partial charge < -0.3 is 4.74 Å². The number of hydrogen-bond acceptors (Lipinski definition) is 2. The van der Waals surface area contributed by atoms with Crippen LogP contribution in [0.25, 0.3) is 16.8 Å². The molecule has 0 aliphatic carbocycles. The second-order valence-electron chi connectivity index (χ2n) is 3.86. The SMILES string of the molecule is C=Cc1cc(C(=O)OCC)cc2ccc(Br)cc12. The number of fused-ring (bicyclic) bond motifs is 1. The normalized spacial score (nSPS) is 10.3. The van der Waals surface area contributed by atoms with Gasteiger partial charge in [0.2, 0.25) is 0 Å². The summed E-state index contributed by atoms with van der Waals surface area (Å²) in [6.45, 7) is 5.96. The van der Waals surface area contributed by atoms with E-state index in [1.54, 1.807) is 19.1 Å². The Bertz CT molecular complexity index is 617. The van der Waals surface area contributed by atoms with E-state index in [2.05, 4.69) is 22.5 Å². The van der Waals surface area contributed by atoms with E-state index in [1.165, 1.54) is 0 Å². The van der Waals surface area contributed by atoms with Gasteiger partial charge in [-0.1, -0.05) is 34.7 Å². The molecule has 0 N–H and O–H groups in total. The van der Waals surface area contributed by atoms with Crippen molar-refractivity contribution in [3.8, 4) is 0 Å². The molecule has 0 unspecified atom stereocenters. The fourth-order valence-electron chi connectivity index (χ4n) is 1.86. The Morgan fingerprint density at radius 1 is 1.39 bits per heavy atom. The van der Waals surface area contributed by atoms with Crippen LogP contribution in [0.1, 0.15) is 22.8 Å². The van der Waals surface area contributed by atoms with E-state index in [4.69, 9.17) is 4.74 Å². The van der Waals surface area contributed by atoms with Gasteiger partial charge in [-0.15, -0.1) is 0 Å². The number of carbonyl (C=O) groups excluding carboxylic acids is 1. The van der Waals surface area contributed by atoms with Crippen LogP contribution < -0.4 is 0 Å². The van der Waals surface area contributed by atoms with Crippen LogP contribution in [-0.4, -0.2) is 12.6 Å². The summed E-state index contributed by atoms with van der Waals surface area (Å²) in [5, 5.41) is 2.06. The first-order valence-electron chi connectivity index (χ1n) is 5.68. The highest BCUT2D eigenvalue weighted by Gasteiger charge is 2.10. The van der Waals surface area contributed by atoms with Crippen LogP contribution in [0.5, 0.6) is 0 Å². The predicted molar refractivity (Wildman–Crippen MR) is 77.7 cm³/mol. The van der Waals surface area contributed by atoms with E-state index in [-0.39, 0.29) is 5.97 Å². The number of hydrogen-bond donors (Lipinski definition) is 0. The summed E-state index contributed by atoms with van der Waals surface area (Å²) in [6.07, 6.45) is 1.75. The van der Waals surface area contributed by atoms with Crippen molar-refractivity contribution in [3.05, 3.63) is 52.5 Å². The van der Waals surface area contributed by atoms with Gasteiger partial charge in [-0.3, -0.25) is 0 Å². The van der Waals surface area contributed by atoms with Crippen LogP contribution >= 0.6 is 15.9 Å². The minimum atomic E-state index is -0.301. The highest BCUT2D eigenvalue weighted by molar-refractivity contribution is 9.10. The molecule has 0 aliphatic rings. The van der Waals surface area contributed by atoms with Crippen LogP contribution in [0.4, 0.5) is 0 Å². The van der Waals surface area contributed by atoms with Gasteiger partial charge in [0, 0.05) is 4.47 Å². The first-order valence-corrected chi connectivity index (χ1v) is 6.48. The molecule has 3 heteroatoms. The van der Waals surface area contributed by atoms with E-state index in [1.807, 2.05) is 24.3 Å². The lowest BCUT2D eigenvalue weighted by Crippen LogP contribution is -2.04. The number of esters is 1. The number of rotatable bonds is 3. The molecule has 0 aliphatic heterocycles. The Labute approximate surface area is 114 Å². The first kappa shape index (κ1) is 12.8. The number of benzene rings is 2. The standard InChI is InChI=1S/C15H13BrO2/c1-3-10-7-12(15(17)18-4-2)8-11-5-6-13(16)9-14(10)11/h3,5-9H,1,4H2,2H3. The molecule has 2 rings (SSSR count). The maximum absolute atomic E-state index is 11.8. The average molecular weight is 305 g/mol. The second-order valence-corrected chi connectivity index (χ2v) is 4.77. The maximum Gasteiger partial charge on any atom is 0.338 e. The summed E-state index contributed by atoms with van der Waals surface area (Å²) in [5.74, 6) is -0.301. The monoisotopic (exact) mass is 304 g/mol. The Balaban J connectivity index is 2.63.